The minimum atomic E-state index is -0.293. The number of para-hydroxylation sites is 1. The van der Waals surface area contributed by atoms with Crippen LogP contribution in [0.5, 0.6) is 0 Å². The number of benzene rings is 2. The van der Waals surface area contributed by atoms with Gasteiger partial charge in [-0.2, -0.15) is 5.10 Å². The Labute approximate surface area is 191 Å². The Kier molecular flexibility index (Phi) is 5.49. The van der Waals surface area contributed by atoms with E-state index in [2.05, 4.69) is 25.2 Å². The van der Waals surface area contributed by atoms with Crippen molar-refractivity contribution in [2.24, 2.45) is 0 Å². The lowest BCUT2D eigenvalue weighted by molar-refractivity contribution is 0.102. The van der Waals surface area contributed by atoms with Gasteiger partial charge in [-0.25, -0.2) is 4.68 Å². The van der Waals surface area contributed by atoms with Crippen molar-refractivity contribution in [1.29, 1.82) is 0 Å². The molecule has 0 aliphatic carbocycles. The molecule has 0 unspecified atom stereocenters. The summed E-state index contributed by atoms with van der Waals surface area (Å²) in [6.07, 6.45) is 4.49. The highest BCUT2D eigenvalue weighted by Crippen LogP contribution is 2.26. The first-order valence-electron chi connectivity index (χ1n) is 10.8. The molecule has 0 radical (unpaired) electrons. The molecule has 0 fully saturated rings. The van der Waals surface area contributed by atoms with Gasteiger partial charge in [0.2, 0.25) is 0 Å². The average molecular weight is 447 g/mol. The van der Waals surface area contributed by atoms with E-state index >= 15 is 0 Å². The van der Waals surface area contributed by atoms with Crippen molar-refractivity contribution in [1.82, 2.24) is 24.5 Å². The van der Waals surface area contributed by atoms with Gasteiger partial charge >= 0.3 is 0 Å². The molecule has 1 amide bonds. The van der Waals surface area contributed by atoms with Crippen LogP contribution in [0.25, 0.3) is 17.1 Å². The van der Waals surface area contributed by atoms with Crippen molar-refractivity contribution in [2.45, 2.75) is 39.2 Å². The summed E-state index contributed by atoms with van der Waals surface area (Å²) in [4.78, 5) is 13.0. The van der Waals surface area contributed by atoms with Crippen LogP contribution in [0.3, 0.4) is 0 Å². The molecule has 2 aromatic carbocycles. The first-order valence-corrected chi connectivity index (χ1v) is 11.1. The molecule has 0 saturated carbocycles. The second-order valence-electron chi connectivity index (χ2n) is 7.93. The van der Waals surface area contributed by atoms with Gasteiger partial charge < -0.3 is 9.88 Å². The molecule has 0 atom stereocenters. The predicted molar refractivity (Wildman–Crippen MR) is 124 cm³/mol. The minimum Gasteiger partial charge on any atom is -0.322 e. The molecule has 1 aliphatic rings. The van der Waals surface area contributed by atoms with E-state index in [-0.39, 0.29) is 11.1 Å². The minimum absolute atomic E-state index is 0.286. The molecule has 4 aromatic rings. The number of rotatable bonds is 4. The van der Waals surface area contributed by atoms with Crippen LogP contribution in [0.15, 0.2) is 54.6 Å². The summed E-state index contributed by atoms with van der Waals surface area (Å²) in [6.45, 7) is 2.72. The van der Waals surface area contributed by atoms with Gasteiger partial charge in [-0.3, -0.25) is 4.79 Å². The normalized spacial score (nSPS) is 13.4. The molecule has 7 nitrogen and oxygen atoms in total. The van der Waals surface area contributed by atoms with Crippen molar-refractivity contribution < 1.29 is 4.79 Å². The second-order valence-corrected chi connectivity index (χ2v) is 8.29. The lowest BCUT2D eigenvalue weighted by atomic mass is 10.1. The van der Waals surface area contributed by atoms with Crippen molar-refractivity contribution in [3.05, 3.63) is 76.8 Å². The fourth-order valence-electron chi connectivity index (χ4n) is 4.09. The first-order chi connectivity index (χ1) is 15.6. The second kappa shape index (κ2) is 8.59. The molecular formula is C24H23ClN6O. The van der Waals surface area contributed by atoms with Crippen molar-refractivity contribution in [2.75, 3.05) is 5.32 Å². The maximum absolute atomic E-state index is 13.0. The van der Waals surface area contributed by atoms with E-state index in [4.69, 9.17) is 11.6 Å². The Morgan fingerprint density at radius 2 is 1.78 bits per heavy atom. The highest BCUT2D eigenvalue weighted by Gasteiger charge is 2.21. The number of aromatic nitrogens is 5. The highest BCUT2D eigenvalue weighted by molar-refractivity contribution is 6.34. The Morgan fingerprint density at radius 1 is 1.00 bits per heavy atom. The molecule has 5 rings (SSSR count). The van der Waals surface area contributed by atoms with Crippen LogP contribution in [0.2, 0.25) is 5.15 Å². The molecule has 8 heteroatoms. The number of nitrogens with zero attached hydrogens (tertiary/aromatic N) is 5. The zero-order valence-corrected chi connectivity index (χ0v) is 18.5. The number of hydrogen-bond acceptors (Lipinski definition) is 4. The van der Waals surface area contributed by atoms with E-state index < -0.39 is 0 Å². The van der Waals surface area contributed by atoms with Crippen molar-refractivity contribution >= 4 is 23.2 Å². The van der Waals surface area contributed by atoms with Gasteiger partial charge in [0.05, 0.1) is 11.4 Å². The standard InChI is InChI=1S/C24H23ClN6O/c1-16-21(22(25)31(29-16)19-8-4-2-5-9-19)24(32)26-18-13-11-17(12-14-18)23-28-27-20-10-6-3-7-15-30(20)23/h2,4-5,8-9,11-14H,3,6-7,10,15H2,1H3,(H,26,32). The maximum Gasteiger partial charge on any atom is 0.260 e. The van der Waals surface area contributed by atoms with Crippen LogP contribution >= 0.6 is 11.6 Å². The van der Waals surface area contributed by atoms with Gasteiger partial charge in [-0.1, -0.05) is 36.2 Å². The number of amides is 1. The van der Waals surface area contributed by atoms with Gasteiger partial charge in [-0.15, -0.1) is 10.2 Å². The number of hydrogen-bond donors (Lipinski definition) is 1. The Bertz CT molecular complexity index is 1260. The summed E-state index contributed by atoms with van der Waals surface area (Å²) in [5.41, 5.74) is 3.39. The molecule has 162 valence electrons. The van der Waals surface area contributed by atoms with Crippen molar-refractivity contribution in [3.63, 3.8) is 0 Å². The molecule has 1 N–H and O–H groups in total. The fourth-order valence-corrected chi connectivity index (χ4v) is 4.45. The molecule has 1 aliphatic heterocycles. The topological polar surface area (TPSA) is 77.6 Å². The quantitative estimate of drug-likeness (QED) is 0.474. The molecule has 0 saturated heterocycles. The van der Waals surface area contributed by atoms with Gasteiger partial charge in [0, 0.05) is 24.2 Å². The van der Waals surface area contributed by atoms with E-state index in [1.807, 2.05) is 54.6 Å². The largest absolute Gasteiger partial charge is 0.322 e. The lowest BCUT2D eigenvalue weighted by Crippen LogP contribution is -2.13. The third kappa shape index (κ3) is 3.80. The number of carbonyl (C=O) groups is 1. The van der Waals surface area contributed by atoms with Crippen LogP contribution in [0.1, 0.15) is 41.1 Å². The zero-order valence-electron chi connectivity index (χ0n) is 17.8. The van der Waals surface area contributed by atoms with E-state index in [1.165, 1.54) is 6.42 Å². The summed E-state index contributed by atoms with van der Waals surface area (Å²) >= 11 is 6.52. The Hall–Kier alpha value is -3.45. The number of carbonyl (C=O) groups excluding carboxylic acids is 1. The molecule has 2 aromatic heterocycles. The van der Waals surface area contributed by atoms with E-state index in [1.54, 1.807) is 11.6 Å². The predicted octanol–water partition coefficient (Wildman–Crippen LogP) is 5.07. The van der Waals surface area contributed by atoms with Crippen LogP contribution < -0.4 is 5.32 Å². The van der Waals surface area contributed by atoms with Gasteiger partial charge in [0.25, 0.3) is 5.91 Å². The fraction of sp³-hybridized carbons (Fsp3) is 0.250. The number of nitrogens with one attached hydrogen (secondary N) is 1. The average Bonchev–Trinajstić information content (AvgIpc) is 3.25. The van der Waals surface area contributed by atoms with E-state index in [0.29, 0.717) is 16.9 Å². The van der Waals surface area contributed by atoms with Crippen LogP contribution in [-0.2, 0) is 13.0 Å². The van der Waals surface area contributed by atoms with E-state index in [9.17, 15) is 4.79 Å². The molecule has 32 heavy (non-hydrogen) atoms. The monoisotopic (exact) mass is 446 g/mol. The summed E-state index contributed by atoms with van der Waals surface area (Å²) < 4.78 is 3.79. The summed E-state index contributed by atoms with van der Waals surface area (Å²) in [6, 6.07) is 17.2. The third-order valence-electron chi connectivity index (χ3n) is 5.74. The third-order valence-corrected chi connectivity index (χ3v) is 6.09. The first kappa shape index (κ1) is 20.5. The van der Waals surface area contributed by atoms with Crippen LogP contribution in [0, 0.1) is 6.92 Å². The zero-order chi connectivity index (χ0) is 22.1. The summed E-state index contributed by atoms with van der Waals surface area (Å²) in [7, 11) is 0. The van der Waals surface area contributed by atoms with Gasteiger partial charge in [-0.05, 0) is 56.2 Å². The molecular weight excluding hydrogens is 424 g/mol. The Morgan fingerprint density at radius 3 is 2.56 bits per heavy atom. The van der Waals surface area contributed by atoms with Crippen molar-refractivity contribution in [3.8, 4) is 17.1 Å². The molecule has 3 heterocycles. The maximum atomic E-state index is 13.0. The summed E-state index contributed by atoms with van der Waals surface area (Å²) in [5, 5.41) is 16.4. The Balaban J connectivity index is 1.36. The molecule has 0 spiro atoms. The van der Waals surface area contributed by atoms with E-state index in [0.717, 1.165) is 48.7 Å². The van der Waals surface area contributed by atoms with Gasteiger partial charge in [0.15, 0.2) is 5.82 Å². The number of halogens is 1. The SMILES string of the molecule is Cc1nn(-c2ccccc2)c(Cl)c1C(=O)Nc1ccc(-c2nnc3n2CCCCC3)cc1. The number of anilines is 1. The highest BCUT2D eigenvalue weighted by atomic mass is 35.5. The lowest BCUT2D eigenvalue weighted by Gasteiger charge is -2.09. The van der Waals surface area contributed by atoms with Crippen LogP contribution in [-0.4, -0.2) is 30.5 Å². The summed E-state index contributed by atoms with van der Waals surface area (Å²) in [5.74, 6) is 1.64. The number of fused-ring (bicyclic) bond motifs is 1. The number of aryl methyl sites for hydroxylation is 2. The van der Waals surface area contributed by atoms with Crippen LogP contribution in [0.4, 0.5) is 5.69 Å². The molecule has 0 bridgehead atoms. The smallest absolute Gasteiger partial charge is 0.260 e. The van der Waals surface area contributed by atoms with Gasteiger partial charge in [0.1, 0.15) is 16.5 Å².